The Labute approximate surface area is 91.2 Å². The Morgan fingerprint density at radius 2 is 1.94 bits per heavy atom. The summed E-state index contributed by atoms with van der Waals surface area (Å²) in [6.45, 7) is -0.538. The van der Waals surface area contributed by atoms with Gasteiger partial charge in [-0.05, 0) is 6.07 Å². The Hall–Kier alpha value is -1.51. The number of aromatic nitrogens is 1. The molecule has 0 saturated carbocycles. The van der Waals surface area contributed by atoms with Crippen LogP contribution in [0.2, 0.25) is 0 Å². The van der Waals surface area contributed by atoms with Crippen LogP contribution in [0.15, 0.2) is 6.07 Å². The van der Waals surface area contributed by atoms with Crippen molar-refractivity contribution in [2.75, 3.05) is 0 Å². The average Bonchev–Trinajstić information content (AvgIpc) is 2.17. The number of nitrogens with two attached hydrogens (primary N) is 1. The van der Waals surface area contributed by atoms with E-state index < -0.39 is 42.3 Å². The van der Waals surface area contributed by atoms with Gasteiger partial charge in [0.25, 0.3) is 6.43 Å². The van der Waals surface area contributed by atoms with Crippen LogP contribution < -0.4 is 10.5 Å². The van der Waals surface area contributed by atoms with Gasteiger partial charge in [-0.2, -0.15) is 0 Å². The van der Waals surface area contributed by atoms with Crippen LogP contribution in [0.25, 0.3) is 0 Å². The predicted molar refractivity (Wildman–Crippen MR) is 43.7 cm³/mol. The molecule has 0 aliphatic heterocycles. The number of hydrogen-bond donors (Lipinski definition) is 1. The molecule has 1 aromatic rings. The smallest absolute Gasteiger partial charge is 0.387 e. The maximum Gasteiger partial charge on any atom is 0.574 e. The third-order valence-electron chi connectivity index (χ3n) is 1.68. The minimum Gasteiger partial charge on any atom is -0.387 e. The fraction of sp³-hybridized carbons (Fsp3) is 0.375. The molecule has 0 bridgehead atoms. The van der Waals surface area contributed by atoms with E-state index in [1.165, 1.54) is 0 Å². The summed E-state index contributed by atoms with van der Waals surface area (Å²) in [4.78, 5) is 2.98. The lowest BCUT2D eigenvalue weighted by atomic mass is 10.2. The molecule has 0 saturated heterocycles. The number of ether oxygens (including phenoxy) is 1. The van der Waals surface area contributed by atoms with E-state index in [-0.39, 0.29) is 6.07 Å². The summed E-state index contributed by atoms with van der Waals surface area (Å²) in [7, 11) is 0. The topological polar surface area (TPSA) is 48.1 Å². The predicted octanol–water partition coefficient (Wildman–Crippen LogP) is 2.52. The zero-order chi connectivity index (χ0) is 13.2. The molecule has 96 valence electrons. The standard InChI is InChI=1S/C8H6F6N2O/c9-4-1-3(6(10)11)7(16-5(4)2-15)17-8(12,13)14/h1,6H,2,15H2. The first-order valence-electron chi connectivity index (χ1n) is 4.18. The normalized spacial score (nSPS) is 12.0. The van der Waals surface area contributed by atoms with E-state index >= 15 is 0 Å². The van der Waals surface area contributed by atoms with Crippen LogP contribution in [-0.2, 0) is 6.54 Å². The summed E-state index contributed by atoms with van der Waals surface area (Å²) >= 11 is 0. The van der Waals surface area contributed by atoms with Gasteiger partial charge >= 0.3 is 6.36 Å². The monoisotopic (exact) mass is 260 g/mol. The molecule has 0 radical (unpaired) electrons. The number of rotatable bonds is 3. The van der Waals surface area contributed by atoms with Gasteiger partial charge < -0.3 is 10.5 Å². The highest BCUT2D eigenvalue weighted by molar-refractivity contribution is 5.30. The average molecular weight is 260 g/mol. The van der Waals surface area contributed by atoms with Crippen LogP contribution in [0, 0.1) is 5.82 Å². The first-order valence-corrected chi connectivity index (χ1v) is 4.18. The molecule has 0 spiro atoms. The number of hydrogen-bond acceptors (Lipinski definition) is 3. The minimum absolute atomic E-state index is 0.223. The van der Waals surface area contributed by atoms with Gasteiger partial charge in [0.2, 0.25) is 5.88 Å². The van der Waals surface area contributed by atoms with Crippen molar-refractivity contribution < 1.29 is 31.1 Å². The fourth-order valence-electron chi connectivity index (χ4n) is 1.01. The summed E-state index contributed by atoms with van der Waals surface area (Å²) < 4.78 is 76.6. The van der Waals surface area contributed by atoms with Crippen molar-refractivity contribution in [3.8, 4) is 5.88 Å². The molecule has 0 aliphatic carbocycles. The number of nitrogens with zero attached hydrogens (tertiary/aromatic N) is 1. The maximum absolute atomic E-state index is 13.0. The Bertz CT molecular complexity index is 406. The Morgan fingerprint density at radius 3 is 2.35 bits per heavy atom. The van der Waals surface area contributed by atoms with Gasteiger partial charge in [-0.25, -0.2) is 18.2 Å². The molecular weight excluding hydrogens is 254 g/mol. The van der Waals surface area contributed by atoms with Crippen LogP contribution in [-0.4, -0.2) is 11.3 Å². The molecule has 1 heterocycles. The molecule has 0 amide bonds. The summed E-state index contributed by atoms with van der Waals surface area (Å²) in [5.41, 5.74) is 3.11. The van der Waals surface area contributed by atoms with Gasteiger partial charge in [0.15, 0.2) is 0 Å². The highest BCUT2D eigenvalue weighted by atomic mass is 19.4. The SMILES string of the molecule is NCc1nc(OC(F)(F)F)c(C(F)F)cc1F. The first-order chi connectivity index (χ1) is 7.74. The van der Waals surface area contributed by atoms with Crippen molar-refractivity contribution >= 4 is 0 Å². The molecule has 0 fully saturated rings. The van der Waals surface area contributed by atoms with Crippen molar-refractivity contribution in [1.29, 1.82) is 0 Å². The van der Waals surface area contributed by atoms with Crippen molar-refractivity contribution in [3.05, 3.63) is 23.1 Å². The van der Waals surface area contributed by atoms with E-state index in [0.29, 0.717) is 0 Å². The second-order valence-electron chi connectivity index (χ2n) is 2.86. The summed E-state index contributed by atoms with van der Waals surface area (Å²) in [6.07, 6.45) is -8.54. The highest BCUT2D eigenvalue weighted by Gasteiger charge is 2.34. The molecule has 0 atom stereocenters. The largest absolute Gasteiger partial charge is 0.574 e. The Morgan fingerprint density at radius 1 is 1.35 bits per heavy atom. The number of halogens is 6. The van der Waals surface area contributed by atoms with E-state index in [9.17, 15) is 26.3 Å². The molecule has 3 nitrogen and oxygen atoms in total. The van der Waals surface area contributed by atoms with Crippen LogP contribution >= 0.6 is 0 Å². The van der Waals surface area contributed by atoms with Crippen LogP contribution in [0.5, 0.6) is 5.88 Å². The number of alkyl halides is 5. The quantitative estimate of drug-likeness (QED) is 0.849. The van der Waals surface area contributed by atoms with E-state index in [1.54, 1.807) is 0 Å². The second-order valence-corrected chi connectivity index (χ2v) is 2.86. The Balaban J connectivity index is 3.24. The van der Waals surface area contributed by atoms with E-state index in [4.69, 9.17) is 5.73 Å². The van der Waals surface area contributed by atoms with Crippen LogP contribution in [0.4, 0.5) is 26.3 Å². The summed E-state index contributed by atoms with van der Waals surface area (Å²) in [5, 5.41) is 0. The van der Waals surface area contributed by atoms with Crippen LogP contribution in [0.3, 0.4) is 0 Å². The van der Waals surface area contributed by atoms with Gasteiger partial charge in [-0.3, -0.25) is 0 Å². The maximum atomic E-state index is 13.0. The van der Waals surface area contributed by atoms with Crippen molar-refractivity contribution in [1.82, 2.24) is 4.98 Å². The lowest BCUT2D eigenvalue weighted by Gasteiger charge is -2.13. The molecule has 17 heavy (non-hydrogen) atoms. The lowest BCUT2D eigenvalue weighted by molar-refractivity contribution is -0.276. The molecule has 1 rings (SSSR count). The highest BCUT2D eigenvalue weighted by Crippen LogP contribution is 2.32. The van der Waals surface area contributed by atoms with Crippen molar-refractivity contribution in [3.63, 3.8) is 0 Å². The molecule has 2 N–H and O–H groups in total. The van der Waals surface area contributed by atoms with Gasteiger partial charge in [0.1, 0.15) is 5.82 Å². The summed E-state index contributed by atoms with van der Waals surface area (Å²) in [6, 6.07) is 0.223. The van der Waals surface area contributed by atoms with Crippen molar-refractivity contribution in [2.24, 2.45) is 5.73 Å². The zero-order valence-corrected chi connectivity index (χ0v) is 8.06. The lowest BCUT2D eigenvalue weighted by Crippen LogP contribution is -2.20. The first kappa shape index (κ1) is 13.6. The molecule has 0 aliphatic rings. The van der Waals surface area contributed by atoms with Crippen LogP contribution in [0.1, 0.15) is 17.7 Å². The van der Waals surface area contributed by atoms with Gasteiger partial charge in [0, 0.05) is 6.54 Å². The van der Waals surface area contributed by atoms with E-state index in [1.807, 2.05) is 0 Å². The zero-order valence-electron chi connectivity index (χ0n) is 8.06. The van der Waals surface area contributed by atoms with E-state index in [2.05, 4.69) is 9.72 Å². The third kappa shape index (κ3) is 3.48. The minimum atomic E-state index is -5.19. The molecule has 1 aromatic heterocycles. The second kappa shape index (κ2) is 4.78. The third-order valence-corrected chi connectivity index (χ3v) is 1.68. The molecule has 9 heteroatoms. The van der Waals surface area contributed by atoms with Gasteiger partial charge in [-0.15, -0.1) is 13.2 Å². The van der Waals surface area contributed by atoms with Gasteiger partial charge in [0.05, 0.1) is 11.3 Å². The fourth-order valence-corrected chi connectivity index (χ4v) is 1.01. The van der Waals surface area contributed by atoms with Gasteiger partial charge in [-0.1, -0.05) is 0 Å². The van der Waals surface area contributed by atoms with Crippen molar-refractivity contribution in [2.45, 2.75) is 19.3 Å². The summed E-state index contributed by atoms with van der Waals surface area (Å²) in [5.74, 6) is -2.60. The molecule has 0 unspecified atom stereocenters. The number of pyridine rings is 1. The molecule has 0 aromatic carbocycles. The molecular formula is C8H6F6N2O. The van der Waals surface area contributed by atoms with E-state index in [0.717, 1.165) is 0 Å². The Kier molecular flexibility index (Phi) is 3.81.